The van der Waals surface area contributed by atoms with Crippen LogP contribution in [0.5, 0.6) is 0 Å². The van der Waals surface area contributed by atoms with Crippen molar-refractivity contribution in [2.75, 3.05) is 6.54 Å². The first-order valence-electron chi connectivity index (χ1n) is 5.52. The van der Waals surface area contributed by atoms with Gasteiger partial charge in [-0.15, -0.1) is 0 Å². The number of hydrogen-bond acceptors (Lipinski definition) is 2. The standard InChI is InChI=1S/C13H18BrNO2/c1-13(2,3)11(16)8-15-12(17)9-4-6-10(14)7-5-9/h4-7,11,16H,8H2,1-3H3,(H,15,17). The van der Waals surface area contributed by atoms with Gasteiger partial charge in [0.2, 0.25) is 0 Å². The van der Waals surface area contributed by atoms with Crippen molar-refractivity contribution in [3.63, 3.8) is 0 Å². The fraction of sp³-hybridized carbons (Fsp3) is 0.462. The summed E-state index contributed by atoms with van der Waals surface area (Å²) < 4.78 is 0.934. The lowest BCUT2D eigenvalue weighted by Crippen LogP contribution is -2.39. The molecular formula is C13H18BrNO2. The largest absolute Gasteiger partial charge is 0.391 e. The fourth-order valence-electron chi connectivity index (χ4n) is 1.20. The molecule has 1 amide bonds. The zero-order chi connectivity index (χ0) is 13.1. The average molecular weight is 300 g/mol. The van der Waals surface area contributed by atoms with Gasteiger partial charge in [0.15, 0.2) is 0 Å². The third-order valence-corrected chi connectivity index (χ3v) is 3.09. The van der Waals surface area contributed by atoms with Gasteiger partial charge in [0.1, 0.15) is 0 Å². The number of hydrogen-bond donors (Lipinski definition) is 2. The van der Waals surface area contributed by atoms with Crippen LogP contribution < -0.4 is 5.32 Å². The number of nitrogens with one attached hydrogen (secondary N) is 1. The maximum absolute atomic E-state index is 11.7. The topological polar surface area (TPSA) is 49.3 Å². The average Bonchev–Trinajstić information content (AvgIpc) is 2.25. The molecule has 0 aromatic heterocycles. The van der Waals surface area contributed by atoms with E-state index in [1.165, 1.54) is 0 Å². The van der Waals surface area contributed by atoms with Crippen LogP contribution in [-0.2, 0) is 0 Å². The van der Waals surface area contributed by atoms with E-state index in [2.05, 4.69) is 21.2 Å². The smallest absolute Gasteiger partial charge is 0.251 e. The number of aliphatic hydroxyl groups excluding tert-OH is 1. The Kier molecular flexibility index (Phi) is 4.71. The lowest BCUT2D eigenvalue weighted by molar-refractivity contribution is 0.0587. The molecule has 0 aliphatic carbocycles. The lowest BCUT2D eigenvalue weighted by atomic mass is 9.89. The first-order chi connectivity index (χ1) is 7.80. The highest BCUT2D eigenvalue weighted by molar-refractivity contribution is 9.10. The molecule has 3 nitrogen and oxygen atoms in total. The first-order valence-corrected chi connectivity index (χ1v) is 6.32. The molecule has 0 radical (unpaired) electrons. The third-order valence-electron chi connectivity index (χ3n) is 2.56. The fourth-order valence-corrected chi connectivity index (χ4v) is 1.46. The Morgan fingerprint density at radius 2 is 1.88 bits per heavy atom. The van der Waals surface area contributed by atoms with Crippen LogP contribution in [0.15, 0.2) is 28.7 Å². The van der Waals surface area contributed by atoms with Crippen LogP contribution in [0, 0.1) is 5.41 Å². The Morgan fingerprint density at radius 1 is 1.35 bits per heavy atom. The van der Waals surface area contributed by atoms with Crippen molar-refractivity contribution in [1.29, 1.82) is 0 Å². The van der Waals surface area contributed by atoms with Gasteiger partial charge in [-0.2, -0.15) is 0 Å². The van der Waals surface area contributed by atoms with E-state index in [1.54, 1.807) is 12.1 Å². The van der Waals surface area contributed by atoms with E-state index in [4.69, 9.17) is 0 Å². The van der Waals surface area contributed by atoms with E-state index in [0.29, 0.717) is 5.56 Å². The van der Waals surface area contributed by atoms with Crippen LogP contribution in [0.3, 0.4) is 0 Å². The molecule has 1 aromatic rings. The van der Waals surface area contributed by atoms with Crippen LogP contribution in [0.4, 0.5) is 0 Å². The molecule has 1 aromatic carbocycles. The number of carbonyl (C=O) groups excluding carboxylic acids is 1. The van der Waals surface area contributed by atoms with E-state index in [-0.39, 0.29) is 17.9 Å². The molecule has 0 bridgehead atoms. The lowest BCUT2D eigenvalue weighted by Gasteiger charge is -2.25. The van der Waals surface area contributed by atoms with Crippen molar-refractivity contribution in [3.8, 4) is 0 Å². The van der Waals surface area contributed by atoms with Crippen molar-refractivity contribution in [2.45, 2.75) is 26.9 Å². The molecule has 1 atom stereocenters. The Balaban J connectivity index is 2.53. The molecule has 2 N–H and O–H groups in total. The Morgan fingerprint density at radius 3 is 2.35 bits per heavy atom. The number of halogens is 1. The van der Waals surface area contributed by atoms with Gasteiger partial charge in [0, 0.05) is 16.6 Å². The predicted octanol–water partition coefficient (Wildman–Crippen LogP) is 2.59. The van der Waals surface area contributed by atoms with Crippen LogP contribution in [0.1, 0.15) is 31.1 Å². The van der Waals surface area contributed by atoms with Crippen LogP contribution >= 0.6 is 15.9 Å². The molecule has 0 saturated heterocycles. The minimum Gasteiger partial charge on any atom is -0.391 e. The number of aliphatic hydroxyl groups is 1. The summed E-state index contributed by atoms with van der Waals surface area (Å²) in [5.41, 5.74) is 0.363. The quantitative estimate of drug-likeness (QED) is 0.901. The summed E-state index contributed by atoms with van der Waals surface area (Å²) in [5, 5.41) is 12.5. The zero-order valence-electron chi connectivity index (χ0n) is 10.3. The molecule has 4 heteroatoms. The van der Waals surface area contributed by atoms with Gasteiger partial charge in [0.05, 0.1) is 6.10 Å². The predicted molar refractivity (Wildman–Crippen MR) is 71.9 cm³/mol. The number of amides is 1. The van der Waals surface area contributed by atoms with Gasteiger partial charge in [-0.3, -0.25) is 4.79 Å². The van der Waals surface area contributed by atoms with Crippen molar-refractivity contribution in [1.82, 2.24) is 5.32 Å². The molecule has 0 aliphatic heterocycles. The molecule has 94 valence electrons. The van der Waals surface area contributed by atoms with Gasteiger partial charge >= 0.3 is 0 Å². The Labute approximate surface area is 110 Å². The first kappa shape index (κ1) is 14.2. The highest BCUT2D eigenvalue weighted by Gasteiger charge is 2.22. The van der Waals surface area contributed by atoms with Gasteiger partial charge in [-0.1, -0.05) is 36.7 Å². The summed E-state index contributed by atoms with van der Waals surface area (Å²) in [6.07, 6.45) is -0.554. The van der Waals surface area contributed by atoms with Gasteiger partial charge in [0.25, 0.3) is 5.91 Å². The van der Waals surface area contributed by atoms with E-state index >= 15 is 0 Å². The summed E-state index contributed by atoms with van der Waals surface area (Å²) in [7, 11) is 0. The Bertz CT molecular complexity index is 381. The SMILES string of the molecule is CC(C)(C)C(O)CNC(=O)c1ccc(Br)cc1. The highest BCUT2D eigenvalue weighted by Crippen LogP contribution is 2.18. The van der Waals surface area contributed by atoms with E-state index in [0.717, 1.165) is 4.47 Å². The van der Waals surface area contributed by atoms with E-state index in [9.17, 15) is 9.90 Å². The number of rotatable bonds is 3. The van der Waals surface area contributed by atoms with Crippen LogP contribution in [0.2, 0.25) is 0 Å². The molecule has 0 aliphatic rings. The molecule has 1 unspecified atom stereocenters. The summed E-state index contributed by atoms with van der Waals surface area (Å²) >= 11 is 3.31. The summed E-state index contributed by atoms with van der Waals surface area (Å²) in [6, 6.07) is 7.11. The second kappa shape index (κ2) is 5.65. The molecule has 17 heavy (non-hydrogen) atoms. The van der Waals surface area contributed by atoms with Crippen LogP contribution in [0.25, 0.3) is 0 Å². The second-order valence-electron chi connectivity index (χ2n) is 5.10. The minimum absolute atomic E-state index is 0.166. The molecule has 0 spiro atoms. The summed E-state index contributed by atoms with van der Waals surface area (Å²) in [6.45, 7) is 6.06. The number of benzene rings is 1. The van der Waals surface area contributed by atoms with Crippen molar-refractivity contribution in [2.24, 2.45) is 5.41 Å². The number of carbonyl (C=O) groups is 1. The van der Waals surface area contributed by atoms with Crippen molar-refractivity contribution < 1.29 is 9.90 Å². The normalized spacial score (nSPS) is 13.2. The van der Waals surface area contributed by atoms with Gasteiger partial charge < -0.3 is 10.4 Å². The van der Waals surface area contributed by atoms with Gasteiger partial charge in [-0.05, 0) is 29.7 Å². The highest BCUT2D eigenvalue weighted by atomic mass is 79.9. The molecule has 0 heterocycles. The maximum atomic E-state index is 11.7. The van der Waals surface area contributed by atoms with Crippen molar-refractivity contribution in [3.05, 3.63) is 34.3 Å². The third kappa shape index (κ3) is 4.48. The summed E-state index contributed by atoms with van der Waals surface area (Å²) in [5.74, 6) is -0.166. The molecule has 0 fully saturated rings. The summed E-state index contributed by atoms with van der Waals surface area (Å²) in [4.78, 5) is 11.7. The van der Waals surface area contributed by atoms with Gasteiger partial charge in [-0.25, -0.2) is 0 Å². The second-order valence-corrected chi connectivity index (χ2v) is 6.01. The molecule has 1 rings (SSSR count). The molecule has 0 saturated carbocycles. The zero-order valence-corrected chi connectivity index (χ0v) is 11.9. The van der Waals surface area contributed by atoms with Crippen molar-refractivity contribution >= 4 is 21.8 Å². The maximum Gasteiger partial charge on any atom is 0.251 e. The monoisotopic (exact) mass is 299 g/mol. The Hall–Kier alpha value is -0.870. The van der Waals surface area contributed by atoms with E-state index in [1.807, 2.05) is 32.9 Å². The molecular weight excluding hydrogens is 282 g/mol. The minimum atomic E-state index is -0.554. The van der Waals surface area contributed by atoms with Crippen LogP contribution in [-0.4, -0.2) is 23.7 Å². The van der Waals surface area contributed by atoms with E-state index < -0.39 is 6.10 Å².